The van der Waals surface area contributed by atoms with Crippen molar-refractivity contribution >= 4 is 12.1 Å². The number of aliphatic carboxylic acids is 1. The molecule has 4 atom stereocenters. The number of benzene rings is 1. The Morgan fingerprint density at radius 2 is 1.85 bits per heavy atom. The molecule has 1 aromatic rings. The van der Waals surface area contributed by atoms with Crippen molar-refractivity contribution < 1.29 is 19.8 Å². The van der Waals surface area contributed by atoms with Crippen molar-refractivity contribution in [2.24, 2.45) is 17.3 Å². The number of carboxylic acids is 1. The van der Waals surface area contributed by atoms with Gasteiger partial charge in [-0.05, 0) is 29.7 Å². The lowest BCUT2D eigenvalue weighted by Crippen LogP contribution is -2.54. The van der Waals surface area contributed by atoms with E-state index in [1.165, 1.54) is 4.90 Å². The highest BCUT2D eigenvalue weighted by Gasteiger charge is 2.37. The minimum Gasteiger partial charge on any atom is -0.481 e. The fourth-order valence-electron chi connectivity index (χ4n) is 3.53. The summed E-state index contributed by atoms with van der Waals surface area (Å²) in [6.07, 6.45) is 0.329. The van der Waals surface area contributed by atoms with Crippen LogP contribution in [0.1, 0.15) is 52.1 Å². The molecular formula is C21H32N2O4. The van der Waals surface area contributed by atoms with Crippen LogP contribution in [0, 0.1) is 17.3 Å². The third-order valence-electron chi connectivity index (χ3n) is 5.89. The number of piperidine rings is 1. The Balaban J connectivity index is 2.20. The molecule has 1 fully saturated rings. The molecule has 0 bridgehead atoms. The lowest BCUT2D eigenvalue weighted by Gasteiger charge is -2.39. The van der Waals surface area contributed by atoms with Gasteiger partial charge in [-0.1, -0.05) is 58.0 Å². The molecule has 6 nitrogen and oxygen atoms in total. The minimum atomic E-state index is -1.05. The molecule has 1 aromatic carbocycles. The standard InChI is InChI=1S/C21H32N2O4/c1-14(21(2,3)4)12-18(15-8-6-5-7-9-15)22-17-10-11-23(20(26)27)13-16(17)19(24)25/h5-9,14,16-18,22H,10-13H2,1-4H3,(H,24,25)(H,26,27)/t14-,16-,17-,18-/m1/s1. The summed E-state index contributed by atoms with van der Waals surface area (Å²) in [6.45, 7) is 9.24. The molecule has 0 aliphatic carbocycles. The molecule has 1 amide bonds. The zero-order chi connectivity index (χ0) is 20.2. The first-order chi connectivity index (χ1) is 12.6. The number of hydrogen-bond acceptors (Lipinski definition) is 3. The molecule has 1 aliphatic rings. The lowest BCUT2D eigenvalue weighted by atomic mass is 9.77. The van der Waals surface area contributed by atoms with Gasteiger partial charge in [0.25, 0.3) is 0 Å². The van der Waals surface area contributed by atoms with Crippen LogP contribution in [0.2, 0.25) is 0 Å². The SMILES string of the molecule is C[C@H](C[C@@H](N[C@@H]1CCN(C(=O)O)C[C@H]1C(=O)O)c1ccccc1)C(C)(C)C. The second-order valence-electron chi connectivity index (χ2n) is 8.70. The molecule has 1 aliphatic heterocycles. The highest BCUT2D eigenvalue weighted by Crippen LogP contribution is 2.34. The number of likely N-dealkylation sites (tertiary alicyclic amines) is 1. The Morgan fingerprint density at radius 3 is 2.37 bits per heavy atom. The number of rotatable bonds is 6. The first-order valence-electron chi connectivity index (χ1n) is 9.61. The van der Waals surface area contributed by atoms with E-state index in [4.69, 9.17) is 0 Å². The van der Waals surface area contributed by atoms with Gasteiger partial charge in [0.2, 0.25) is 0 Å². The van der Waals surface area contributed by atoms with E-state index in [1.807, 2.05) is 18.2 Å². The van der Waals surface area contributed by atoms with Gasteiger partial charge in [-0.3, -0.25) is 4.79 Å². The molecule has 0 unspecified atom stereocenters. The summed E-state index contributed by atoms with van der Waals surface area (Å²) in [5.74, 6) is -1.27. The molecule has 150 valence electrons. The van der Waals surface area contributed by atoms with Crippen LogP contribution in [0.4, 0.5) is 4.79 Å². The van der Waals surface area contributed by atoms with E-state index in [0.29, 0.717) is 18.9 Å². The summed E-state index contributed by atoms with van der Waals surface area (Å²) < 4.78 is 0. The molecular weight excluding hydrogens is 344 g/mol. The van der Waals surface area contributed by atoms with E-state index in [1.54, 1.807) is 0 Å². The molecule has 0 spiro atoms. The third kappa shape index (κ3) is 5.70. The number of nitrogens with one attached hydrogen (secondary N) is 1. The maximum Gasteiger partial charge on any atom is 0.407 e. The van der Waals surface area contributed by atoms with Crippen molar-refractivity contribution in [1.82, 2.24) is 10.2 Å². The maximum atomic E-state index is 11.8. The monoisotopic (exact) mass is 376 g/mol. The maximum absolute atomic E-state index is 11.8. The zero-order valence-corrected chi connectivity index (χ0v) is 16.7. The van der Waals surface area contributed by atoms with Gasteiger partial charge in [0.1, 0.15) is 0 Å². The third-order valence-corrected chi connectivity index (χ3v) is 5.89. The fourth-order valence-corrected chi connectivity index (χ4v) is 3.53. The van der Waals surface area contributed by atoms with E-state index in [2.05, 4.69) is 45.1 Å². The number of amides is 1. The van der Waals surface area contributed by atoms with E-state index in [-0.39, 0.29) is 24.0 Å². The van der Waals surface area contributed by atoms with Gasteiger partial charge >= 0.3 is 12.1 Å². The van der Waals surface area contributed by atoms with Crippen LogP contribution in [0.3, 0.4) is 0 Å². The minimum absolute atomic E-state index is 0.0265. The second kappa shape index (κ2) is 8.74. The Kier molecular flexibility index (Phi) is 6.87. The average Bonchev–Trinajstić information content (AvgIpc) is 2.60. The summed E-state index contributed by atoms with van der Waals surface area (Å²) in [7, 11) is 0. The van der Waals surface area contributed by atoms with Gasteiger partial charge in [0.05, 0.1) is 5.92 Å². The molecule has 0 radical (unpaired) electrons. The van der Waals surface area contributed by atoms with Gasteiger partial charge in [-0.15, -0.1) is 0 Å². The summed E-state index contributed by atoms with van der Waals surface area (Å²) in [5.41, 5.74) is 1.28. The van der Waals surface area contributed by atoms with Crippen molar-refractivity contribution in [3.8, 4) is 0 Å². The van der Waals surface area contributed by atoms with Crippen LogP contribution >= 0.6 is 0 Å². The quantitative estimate of drug-likeness (QED) is 0.702. The highest BCUT2D eigenvalue weighted by molar-refractivity contribution is 5.73. The van der Waals surface area contributed by atoms with E-state index in [0.717, 1.165) is 12.0 Å². The highest BCUT2D eigenvalue weighted by atomic mass is 16.4. The first kappa shape index (κ1) is 21.2. The molecule has 0 saturated carbocycles. The molecule has 2 rings (SSSR count). The molecule has 1 saturated heterocycles. The molecule has 0 aromatic heterocycles. The van der Waals surface area contributed by atoms with Gasteiger partial charge in [0.15, 0.2) is 0 Å². The summed E-state index contributed by atoms with van der Waals surface area (Å²) in [4.78, 5) is 24.2. The van der Waals surface area contributed by atoms with Crippen molar-refractivity contribution in [3.63, 3.8) is 0 Å². The van der Waals surface area contributed by atoms with Crippen LogP contribution in [0.25, 0.3) is 0 Å². The first-order valence-corrected chi connectivity index (χ1v) is 9.61. The van der Waals surface area contributed by atoms with Gasteiger partial charge in [0, 0.05) is 25.2 Å². The predicted molar refractivity (Wildman–Crippen MR) is 105 cm³/mol. The van der Waals surface area contributed by atoms with Gasteiger partial charge in [-0.25, -0.2) is 4.79 Å². The van der Waals surface area contributed by atoms with Crippen LogP contribution in [-0.4, -0.2) is 46.3 Å². The van der Waals surface area contributed by atoms with Gasteiger partial charge < -0.3 is 20.4 Å². The normalized spacial score (nSPS) is 22.9. The van der Waals surface area contributed by atoms with Crippen molar-refractivity contribution in [2.45, 2.75) is 52.6 Å². The number of carboxylic acid groups (broad SMARTS) is 2. The smallest absolute Gasteiger partial charge is 0.407 e. The van der Waals surface area contributed by atoms with Crippen LogP contribution < -0.4 is 5.32 Å². The average molecular weight is 376 g/mol. The number of nitrogens with zero attached hydrogens (tertiary/aromatic N) is 1. The van der Waals surface area contributed by atoms with Crippen LogP contribution in [0.15, 0.2) is 30.3 Å². The van der Waals surface area contributed by atoms with E-state index in [9.17, 15) is 19.8 Å². The summed E-state index contributed by atoms with van der Waals surface area (Å²) in [5, 5.41) is 22.4. The topological polar surface area (TPSA) is 89.9 Å². The molecule has 27 heavy (non-hydrogen) atoms. The largest absolute Gasteiger partial charge is 0.481 e. The van der Waals surface area contributed by atoms with Crippen LogP contribution in [-0.2, 0) is 4.79 Å². The molecule has 6 heteroatoms. The van der Waals surface area contributed by atoms with Crippen molar-refractivity contribution in [3.05, 3.63) is 35.9 Å². The van der Waals surface area contributed by atoms with Crippen molar-refractivity contribution in [2.75, 3.05) is 13.1 Å². The fraction of sp³-hybridized carbons (Fsp3) is 0.619. The lowest BCUT2D eigenvalue weighted by molar-refractivity contribution is -0.144. The molecule has 3 N–H and O–H groups in total. The Morgan fingerprint density at radius 1 is 1.22 bits per heavy atom. The van der Waals surface area contributed by atoms with E-state index < -0.39 is 18.0 Å². The van der Waals surface area contributed by atoms with E-state index >= 15 is 0 Å². The van der Waals surface area contributed by atoms with Crippen molar-refractivity contribution in [1.29, 1.82) is 0 Å². The summed E-state index contributed by atoms with van der Waals surface area (Å²) >= 11 is 0. The Bertz CT molecular complexity index is 641. The second-order valence-corrected chi connectivity index (χ2v) is 8.70. The molecule has 1 heterocycles. The predicted octanol–water partition coefficient (Wildman–Crippen LogP) is 3.84. The Hall–Kier alpha value is -2.08. The Labute approximate surface area is 161 Å². The van der Waals surface area contributed by atoms with Gasteiger partial charge in [-0.2, -0.15) is 0 Å². The summed E-state index contributed by atoms with van der Waals surface area (Å²) in [6, 6.07) is 9.86. The number of hydrogen-bond donors (Lipinski definition) is 3. The zero-order valence-electron chi connectivity index (χ0n) is 16.7. The van der Waals surface area contributed by atoms with Crippen LogP contribution in [0.5, 0.6) is 0 Å². The number of carbonyl (C=O) groups is 2.